The van der Waals surface area contributed by atoms with Crippen LogP contribution in [0.5, 0.6) is 0 Å². The van der Waals surface area contributed by atoms with Crippen molar-refractivity contribution in [3.05, 3.63) is 36.6 Å². The smallest absolute Gasteiger partial charge is 0.333 e. The van der Waals surface area contributed by atoms with Crippen molar-refractivity contribution in [3.63, 3.8) is 0 Å². The van der Waals surface area contributed by atoms with Crippen LogP contribution >= 0.6 is 0 Å². The lowest BCUT2D eigenvalue weighted by Crippen LogP contribution is -2.10. The summed E-state index contributed by atoms with van der Waals surface area (Å²) in [4.78, 5) is 11.0. The molecule has 0 fully saturated rings. The van der Waals surface area contributed by atoms with Gasteiger partial charge in [0.05, 0.1) is 5.76 Å². The molecule has 0 aromatic carbocycles. The summed E-state index contributed by atoms with van der Waals surface area (Å²) >= 11 is 0. The van der Waals surface area contributed by atoms with Crippen LogP contribution in [0.3, 0.4) is 0 Å². The third kappa shape index (κ3) is 9.42. The summed E-state index contributed by atoms with van der Waals surface area (Å²) in [5, 5.41) is 0. The van der Waals surface area contributed by atoms with Crippen LogP contribution in [0.15, 0.2) is 36.6 Å². The summed E-state index contributed by atoms with van der Waals surface area (Å²) in [7, 11) is 0. The van der Waals surface area contributed by atoms with Crippen molar-refractivity contribution in [2.24, 2.45) is 0 Å². The number of allylic oxidation sites excluding steroid dienone is 3. The van der Waals surface area contributed by atoms with Crippen LogP contribution in [0.1, 0.15) is 33.1 Å². The summed E-state index contributed by atoms with van der Waals surface area (Å²) in [5.41, 5.74) is 0.404. The summed E-state index contributed by atoms with van der Waals surface area (Å²) < 4.78 is 10.3. The Hall–Kier alpha value is -1.51. The first-order valence-electron chi connectivity index (χ1n) is 5.81. The molecule has 0 unspecified atom stereocenters. The molecular weight excluding hydrogens is 216 g/mol. The van der Waals surface area contributed by atoms with E-state index >= 15 is 0 Å². The van der Waals surface area contributed by atoms with Crippen LogP contribution in [0.25, 0.3) is 0 Å². The van der Waals surface area contributed by atoms with Gasteiger partial charge in [-0.25, -0.2) is 4.79 Å². The van der Waals surface area contributed by atoms with Crippen molar-refractivity contribution in [2.45, 2.75) is 33.1 Å². The highest BCUT2D eigenvalue weighted by molar-refractivity contribution is 5.86. The molecule has 0 aromatic rings. The molecule has 3 nitrogen and oxygen atoms in total. The zero-order valence-electron chi connectivity index (χ0n) is 10.8. The van der Waals surface area contributed by atoms with Crippen molar-refractivity contribution in [1.29, 1.82) is 0 Å². The van der Waals surface area contributed by atoms with E-state index in [9.17, 15) is 4.79 Å². The van der Waals surface area contributed by atoms with E-state index in [0.717, 1.165) is 25.0 Å². The second kappa shape index (κ2) is 9.70. The fourth-order valence-electron chi connectivity index (χ4n) is 1.09. The number of hydrogen-bond acceptors (Lipinski definition) is 3. The highest BCUT2D eigenvalue weighted by Gasteiger charge is 2.01. The molecule has 0 heterocycles. The fourth-order valence-corrected chi connectivity index (χ4v) is 1.09. The van der Waals surface area contributed by atoms with E-state index in [-0.39, 0.29) is 12.6 Å². The molecule has 0 aliphatic carbocycles. The number of hydrogen-bond donors (Lipinski definition) is 0. The maximum atomic E-state index is 11.0. The number of carbonyl (C=O) groups excluding carboxylic acids is 1. The number of unbranched alkanes of at least 4 members (excludes halogenated alkanes) is 2. The first kappa shape index (κ1) is 15.5. The van der Waals surface area contributed by atoms with E-state index in [2.05, 4.69) is 13.2 Å². The van der Waals surface area contributed by atoms with Crippen LogP contribution < -0.4 is 0 Å². The molecule has 0 N–H and O–H groups in total. The first-order valence-corrected chi connectivity index (χ1v) is 5.81. The van der Waals surface area contributed by atoms with Gasteiger partial charge in [0.25, 0.3) is 0 Å². The van der Waals surface area contributed by atoms with E-state index in [4.69, 9.17) is 9.47 Å². The number of rotatable bonds is 9. The maximum Gasteiger partial charge on any atom is 0.333 e. The molecule has 0 rings (SSSR count). The van der Waals surface area contributed by atoms with E-state index in [0.29, 0.717) is 12.2 Å². The Morgan fingerprint density at radius 3 is 2.41 bits per heavy atom. The second-order valence-corrected chi connectivity index (χ2v) is 3.80. The molecule has 3 heteroatoms. The number of ether oxygens (including phenoxy) is 2. The van der Waals surface area contributed by atoms with Gasteiger partial charge in [0.2, 0.25) is 0 Å². The van der Waals surface area contributed by atoms with Crippen molar-refractivity contribution < 1.29 is 14.3 Å². The normalized spacial score (nSPS) is 10.8. The summed E-state index contributed by atoms with van der Waals surface area (Å²) in [6.45, 7) is 11.3. The van der Waals surface area contributed by atoms with Crippen LogP contribution in [0.2, 0.25) is 0 Å². The van der Waals surface area contributed by atoms with Gasteiger partial charge < -0.3 is 9.47 Å². The first-order chi connectivity index (χ1) is 8.07. The predicted molar refractivity (Wildman–Crippen MR) is 69.5 cm³/mol. The van der Waals surface area contributed by atoms with E-state index in [1.807, 2.05) is 19.1 Å². The summed E-state index contributed by atoms with van der Waals surface area (Å²) in [6.07, 6.45) is 7.00. The third-order valence-electron chi connectivity index (χ3n) is 2.04. The fraction of sp³-hybridized carbons (Fsp3) is 0.500. The Kier molecular flexibility index (Phi) is 8.84. The van der Waals surface area contributed by atoms with E-state index < -0.39 is 0 Å². The zero-order valence-corrected chi connectivity index (χ0v) is 10.8. The van der Waals surface area contributed by atoms with Gasteiger partial charge in [-0.1, -0.05) is 12.7 Å². The second-order valence-electron chi connectivity index (χ2n) is 3.80. The van der Waals surface area contributed by atoms with Gasteiger partial charge in [-0.2, -0.15) is 0 Å². The SMILES string of the molecule is C=CCCC/C=C(/C)OCCOC(=O)C(=C)C. The van der Waals surface area contributed by atoms with Gasteiger partial charge in [0.15, 0.2) is 0 Å². The van der Waals surface area contributed by atoms with Gasteiger partial charge in [-0.3, -0.25) is 0 Å². The quantitative estimate of drug-likeness (QED) is 0.203. The highest BCUT2D eigenvalue weighted by atomic mass is 16.6. The number of carbonyl (C=O) groups is 1. The van der Waals surface area contributed by atoms with Gasteiger partial charge in [0, 0.05) is 5.57 Å². The Morgan fingerprint density at radius 2 is 1.82 bits per heavy atom. The van der Waals surface area contributed by atoms with Crippen LogP contribution in [-0.2, 0) is 14.3 Å². The number of esters is 1. The minimum atomic E-state index is -0.374. The molecule has 0 spiro atoms. The van der Waals surface area contributed by atoms with Crippen molar-refractivity contribution >= 4 is 5.97 Å². The van der Waals surface area contributed by atoms with Gasteiger partial charge in [0.1, 0.15) is 13.2 Å². The van der Waals surface area contributed by atoms with Gasteiger partial charge in [-0.15, -0.1) is 6.58 Å². The lowest BCUT2D eigenvalue weighted by molar-refractivity contribution is -0.140. The maximum absolute atomic E-state index is 11.0. The largest absolute Gasteiger partial charge is 0.495 e. The molecule has 17 heavy (non-hydrogen) atoms. The molecule has 96 valence electrons. The topological polar surface area (TPSA) is 35.5 Å². The van der Waals surface area contributed by atoms with E-state index in [1.165, 1.54) is 0 Å². The van der Waals surface area contributed by atoms with Crippen LogP contribution in [0.4, 0.5) is 0 Å². The molecular formula is C14H22O3. The third-order valence-corrected chi connectivity index (χ3v) is 2.04. The van der Waals surface area contributed by atoms with Gasteiger partial charge >= 0.3 is 5.97 Å². The molecule has 0 aliphatic heterocycles. The van der Waals surface area contributed by atoms with Crippen molar-refractivity contribution in [1.82, 2.24) is 0 Å². The Labute approximate surface area is 104 Å². The zero-order chi connectivity index (χ0) is 13.1. The lowest BCUT2D eigenvalue weighted by atomic mass is 10.2. The Balaban J connectivity index is 3.56. The minimum absolute atomic E-state index is 0.254. The standard InChI is InChI=1S/C14H22O3/c1-5-6-7-8-9-13(4)16-10-11-17-14(15)12(2)3/h5,9H,1-2,6-8,10-11H2,3-4H3/b13-9-. The molecule has 0 aliphatic rings. The van der Waals surface area contributed by atoms with E-state index in [1.54, 1.807) is 6.92 Å². The van der Waals surface area contributed by atoms with Gasteiger partial charge in [-0.05, 0) is 39.2 Å². The van der Waals surface area contributed by atoms with Crippen LogP contribution in [-0.4, -0.2) is 19.2 Å². The molecule has 0 bridgehead atoms. The Morgan fingerprint density at radius 1 is 1.18 bits per heavy atom. The van der Waals surface area contributed by atoms with Crippen molar-refractivity contribution in [3.8, 4) is 0 Å². The lowest BCUT2D eigenvalue weighted by Gasteiger charge is -2.07. The monoisotopic (exact) mass is 238 g/mol. The average molecular weight is 238 g/mol. The average Bonchev–Trinajstić information content (AvgIpc) is 2.29. The molecule has 0 atom stereocenters. The summed E-state index contributed by atoms with van der Waals surface area (Å²) in [5.74, 6) is 0.488. The molecule has 0 saturated heterocycles. The Bertz CT molecular complexity index is 290. The molecule has 0 radical (unpaired) electrons. The van der Waals surface area contributed by atoms with Crippen molar-refractivity contribution in [2.75, 3.05) is 13.2 Å². The highest BCUT2D eigenvalue weighted by Crippen LogP contribution is 2.03. The predicted octanol–water partition coefficient (Wildman–Crippen LogP) is 3.38. The molecule has 0 amide bonds. The minimum Gasteiger partial charge on any atom is -0.495 e. The molecule has 0 aromatic heterocycles. The molecule has 0 saturated carbocycles. The summed E-state index contributed by atoms with van der Waals surface area (Å²) in [6, 6.07) is 0. The van der Waals surface area contributed by atoms with Crippen LogP contribution in [0, 0.1) is 0 Å².